The molecule has 0 bridgehead atoms. The maximum atomic E-state index is 9.37. The molecule has 0 spiro atoms. The third kappa shape index (κ3) is 4.11. The molecule has 0 radical (unpaired) electrons. The molecule has 2 heteroatoms. The van der Waals surface area contributed by atoms with Gasteiger partial charge in [0.1, 0.15) is 0 Å². The summed E-state index contributed by atoms with van der Waals surface area (Å²) in [6.45, 7) is 2.67. The number of aliphatic hydroxyl groups is 1. The molecule has 2 N–H and O–H groups in total. The monoisotopic (exact) mass is 237 g/mol. The van der Waals surface area contributed by atoms with E-state index in [0.29, 0.717) is 18.4 Å². The van der Waals surface area contributed by atoms with E-state index in [4.69, 9.17) is 0 Å². The highest BCUT2D eigenvalue weighted by Crippen LogP contribution is 2.29. The minimum atomic E-state index is 0.387. The molecule has 0 aliphatic heterocycles. The standard InChI is InChI=1S/C15H27NO/c17-12-15-9-5-4-8-14(15)11-16-10-13-6-2-1-3-7-13/h1-2,13-17H,3-12H2. The zero-order valence-electron chi connectivity index (χ0n) is 10.9. The van der Waals surface area contributed by atoms with Crippen molar-refractivity contribution in [1.29, 1.82) is 0 Å². The molecule has 0 aromatic heterocycles. The molecular weight excluding hydrogens is 210 g/mol. The molecule has 0 aromatic rings. The number of aliphatic hydroxyl groups excluding tert-OH is 1. The summed E-state index contributed by atoms with van der Waals surface area (Å²) in [4.78, 5) is 0. The van der Waals surface area contributed by atoms with Gasteiger partial charge in [-0.25, -0.2) is 0 Å². The van der Waals surface area contributed by atoms with Gasteiger partial charge in [-0.15, -0.1) is 0 Å². The Morgan fingerprint density at radius 3 is 2.53 bits per heavy atom. The second-order valence-electron chi connectivity index (χ2n) is 5.80. The molecule has 3 unspecified atom stereocenters. The van der Waals surface area contributed by atoms with Gasteiger partial charge in [-0.2, -0.15) is 0 Å². The molecule has 0 saturated heterocycles. The van der Waals surface area contributed by atoms with Crippen molar-refractivity contribution in [2.24, 2.45) is 17.8 Å². The van der Waals surface area contributed by atoms with Crippen molar-refractivity contribution in [3.05, 3.63) is 12.2 Å². The van der Waals surface area contributed by atoms with Gasteiger partial charge in [0, 0.05) is 6.61 Å². The largest absolute Gasteiger partial charge is 0.396 e. The van der Waals surface area contributed by atoms with Gasteiger partial charge in [-0.1, -0.05) is 25.0 Å². The Morgan fingerprint density at radius 1 is 1.00 bits per heavy atom. The van der Waals surface area contributed by atoms with Crippen LogP contribution in [0, 0.1) is 17.8 Å². The first kappa shape index (κ1) is 13.1. The molecule has 2 aliphatic carbocycles. The number of allylic oxidation sites excluding steroid dienone is 2. The van der Waals surface area contributed by atoms with Crippen LogP contribution in [0.3, 0.4) is 0 Å². The zero-order valence-corrected chi connectivity index (χ0v) is 10.9. The van der Waals surface area contributed by atoms with Crippen molar-refractivity contribution in [2.45, 2.75) is 44.9 Å². The molecule has 0 aromatic carbocycles. The van der Waals surface area contributed by atoms with Crippen LogP contribution < -0.4 is 5.32 Å². The molecule has 1 fully saturated rings. The lowest BCUT2D eigenvalue weighted by atomic mass is 9.79. The first-order valence-electron chi connectivity index (χ1n) is 7.36. The fourth-order valence-corrected chi connectivity index (χ4v) is 3.31. The number of hydrogen-bond donors (Lipinski definition) is 2. The Labute approximate surface area is 105 Å². The quantitative estimate of drug-likeness (QED) is 0.721. The van der Waals surface area contributed by atoms with E-state index in [1.807, 2.05) is 0 Å². The molecule has 2 nitrogen and oxygen atoms in total. The first-order chi connectivity index (χ1) is 8.40. The minimum absolute atomic E-state index is 0.387. The second-order valence-corrected chi connectivity index (χ2v) is 5.80. The third-order valence-electron chi connectivity index (χ3n) is 4.52. The maximum absolute atomic E-state index is 9.37. The first-order valence-corrected chi connectivity index (χ1v) is 7.36. The number of hydrogen-bond acceptors (Lipinski definition) is 2. The van der Waals surface area contributed by atoms with E-state index < -0.39 is 0 Å². The summed E-state index contributed by atoms with van der Waals surface area (Å²) in [6, 6.07) is 0. The molecule has 17 heavy (non-hydrogen) atoms. The Morgan fingerprint density at radius 2 is 1.82 bits per heavy atom. The summed E-state index contributed by atoms with van der Waals surface area (Å²) < 4.78 is 0. The smallest absolute Gasteiger partial charge is 0.0462 e. The Balaban J connectivity index is 1.64. The Bertz CT molecular complexity index is 239. The highest BCUT2D eigenvalue weighted by Gasteiger charge is 2.24. The van der Waals surface area contributed by atoms with Crippen molar-refractivity contribution in [3.8, 4) is 0 Å². The van der Waals surface area contributed by atoms with Gasteiger partial charge in [-0.3, -0.25) is 0 Å². The van der Waals surface area contributed by atoms with Crippen LogP contribution in [0.15, 0.2) is 12.2 Å². The highest BCUT2D eigenvalue weighted by atomic mass is 16.3. The van der Waals surface area contributed by atoms with E-state index in [1.54, 1.807) is 0 Å². The average Bonchev–Trinajstić information content (AvgIpc) is 2.40. The van der Waals surface area contributed by atoms with Gasteiger partial charge in [-0.05, 0) is 62.9 Å². The van der Waals surface area contributed by atoms with Crippen molar-refractivity contribution < 1.29 is 5.11 Å². The predicted molar refractivity (Wildman–Crippen MR) is 71.9 cm³/mol. The fourth-order valence-electron chi connectivity index (χ4n) is 3.31. The van der Waals surface area contributed by atoms with E-state index in [1.165, 1.54) is 51.5 Å². The van der Waals surface area contributed by atoms with Crippen molar-refractivity contribution in [3.63, 3.8) is 0 Å². The number of nitrogens with one attached hydrogen (secondary N) is 1. The maximum Gasteiger partial charge on any atom is 0.0462 e. The van der Waals surface area contributed by atoms with E-state index in [0.717, 1.165) is 12.5 Å². The van der Waals surface area contributed by atoms with E-state index in [-0.39, 0.29) is 0 Å². The lowest BCUT2D eigenvalue weighted by molar-refractivity contribution is 0.132. The molecule has 2 rings (SSSR count). The Kier molecular flexibility index (Phi) is 5.53. The van der Waals surface area contributed by atoms with Gasteiger partial charge in [0.2, 0.25) is 0 Å². The van der Waals surface area contributed by atoms with Crippen LogP contribution in [0.4, 0.5) is 0 Å². The summed E-state index contributed by atoms with van der Waals surface area (Å²) in [5, 5.41) is 13.0. The van der Waals surface area contributed by atoms with Gasteiger partial charge < -0.3 is 10.4 Å². The van der Waals surface area contributed by atoms with Crippen molar-refractivity contribution in [1.82, 2.24) is 5.32 Å². The van der Waals surface area contributed by atoms with Crippen LogP contribution in [0.1, 0.15) is 44.9 Å². The lowest BCUT2D eigenvalue weighted by Crippen LogP contribution is -2.34. The lowest BCUT2D eigenvalue weighted by Gasteiger charge is -2.31. The van der Waals surface area contributed by atoms with Crippen LogP contribution in [-0.2, 0) is 0 Å². The minimum Gasteiger partial charge on any atom is -0.396 e. The van der Waals surface area contributed by atoms with E-state index in [2.05, 4.69) is 17.5 Å². The average molecular weight is 237 g/mol. The molecule has 98 valence electrons. The van der Waals surface area contributed by atoms with Gasteiger partial charge >= 0.3 is 0 Å². The van der Waals surface area contributed by atoms with Crippen molar-refractivity contribution >= 4 is 0 Å². The predicted octanol–water partition coefficient (Wildman–Crippen LogP) is 2.73. The molecular formula is C15H27NO. The van der Waals surface area contributed by atoms with Crippen LogP contribution >= 0.6 is 0 Å². The van der Waals surface area contributed by atoms with Crippen molar-refractivity contribution in [2.75, 3.05) is 19.7 Å². The van der Waals surface area contributed by atoms with Crippen LogP contribution in [-0.4, -0.2) is 24.8 Å². The third-order valence-corrected chi connectivity index (χ3v) is 4.52. The molecule has 0 amide bonds. The zero-order chi connectivity index (χ0) is 11.9. The van der Waals surface area contributed by atoms with E-state index in [9.17, 15) is 5.11 Å². The van der Waals surface area contributed by atoms with Gasteiger partial charge in [0.05, 0.1) is 0 Å². The summed E-state index contributed by atoms with van der Waals surface area (Å²) in [6.07, 6.45) is 13.7. The molecule has 0 heterocycles. The summed E-state index contributed by atoms with van der Waals surface area (Å²) in [7, 11) is 0. The summed E-state index contributed by atoms with van der Waals surface area (Å²) in [5.74, 6) is 2.12. The SMILES string of the molecule is OCC1CCCCC1CNCC1CC=CCC1. The summed E-state index contributed by atoms with van der Waals surface area (Å²) >= 11 is 0. The van der Waals surface area contributed by atoms with Crippen LogP contribution in [0.5, 0.6) is 0 Å². The number of rotatable bonds is 5. The van der Waals surface area contributed by atoms with Crippen LogP contribution in [0.25, 0.3) is 0 Å². The highest BCUT2D eigenvalue weighted by molar-refractivity contribution is 4.90. The van der Waals surface area contributed by atoms with Gasteiger partial charge in [0.15, 0.2) is 0 Å². The molecule has 1 saturated carbocycles. The fraction of sp³-hybridized carbons (Fsp3) is 0.867. The molecule has 3 atom stereocenters. The van der Waals surface area contributed by atoms with E-state index >= 15 is 0 Å². The Hall–Kier alpha value is -0.340. The normalized spacial score (nSPS) is 33.8. The van der Waals surface area contributed by atoms with Gasteiger partial charge in [0.25, 0.3) is 0 Å². The topological polar surface area (TPSA) is 32.3 Å². The van der Waals surface area contributed by atoms with Crippen LogP contribution in [0.2, 0.25) is 0 Å². The second kappa shape index (κ2) is 7.17. The molecule has 2 aliphatic rings. The summed E-state index contributed by atoms with van der Waals surface area (Å²) in [5.41, 5.74) is 0.